The first-order chi connectivity index (χ1) is 9.34. The Morgan fingerprint density at radius 3 is 2.68 bits per heavy atom. The van der Waals surface area contributed by atoms with E-state index >= 15 is 0 Å². The van der Waals surface area contributed by atoms with Crippen molar-refractivity contribution in [3.63, 3.8) is 0 Å². The lowest BCUT2D eigenvalue weighted by atomic mass is 10.2. The van der Waals surface area contributed by atoms with Crippen molar-refractivity contribution < 1.29 is 4.79 Å². The van der Waals surface area contributed by atoms with Gasteiger partial charge in [-0.25, -0.2) is 0 Å². The minimum Gasteiger partial charge on any atom is -0.355 e. The van der Waals surface area contributed by atoms with Crippen LogP contribution < -0.4 is 5.32 Å². The summed E-state index contributed by atoms with van der Waals surface area (Å²) < 4.78 is 0. The average molecular weight is 258 g/mol. The highest BCUT2D eigenvalue weighted by Crippen LogP contribution is 2.05. The first-order valence-electron chi connectivity index (χ1n) is 7.05. The zero-order chi connectivity index (χ0) is 13.3. The number of nitrogens with zero attached hydrogens (tertiary/aromatic N) is 1. The molecule has 0 aliphatic carbocycles. The van der Waals surface area contributed by atoms with Gasteiger partial charge < -0.3 is 10.2 Å². The second-order valence-electron chi connectivity index (χ2n) is 4.92. The van der Waals surface area contributed by atoms with E-state index < -0.39 is 0 Å². The molecule has 0 aromatic heterocycles. The van der Waals surface area contributed by atoms with E-state index in [1.807, 2.05) is 42.5 Å². The number of benzene rings is 1. The van der Waals surface area contributed by atoms with E-state index in [-0.39, 0.29) is 5.91 Å². The minimum absolute atomic E-state index is 0.103. The lowest BCUT2D eigenvalue weighted by Gasteiger charge is -2.14. The van der Waals surface area contributed by atoms with Crippen LogP contribution in [-0.2, 0) is 4.79 Å². The summed E-state index contributed by atoms with van der Waals surface area (Å²) >= 11 is 0. The molecule has 1 amide bonds. The van der Waals surface area contributed by atoms with E-state index in [0.29, 0.717) is 6.42 Å². The summed E-state index contributed by atoms with van der Waals surface area (Å²) in [7, 11) is 0. The summed E-state index contributed by atoms with van der Waals surface area (Å²) in [6, 6.07) is 10.0. The molecule has 1 heterocycles. The Bertz CT molecular complexity index is 408. The summed E-state index contributed by atoms with van der Waals surface area (Å²) in [5.74, 6) is 0.103. The van der Waals surface area contributed by atoms with Gasteiger partial charge in [-0.1, -0.05) is 42.5 Å². The van der Waals surface area contributed by atoms with Crippen molar-refractivity contribution in [1.82, 2.24) is 10.2 Å². The van der Waals surface area contributed by atoms with Crippen LogP contribution in [0.3, 0.4) is 0 Å². The maximum atomic E-state index is 11.6. The van der Waals surface area contributed by atoms with Gasteiger partial charge in [-0.2, -0.15) is 0 Å². The molecular formula is C16H22N2O. The first-order valence-corrected chi connectivity index (χ1v) is 7.05. The fourth-order valence-corrected chi connectivity index (χ4v) is 2.30. The van der Waals surface area contributed by atoms with Crippen molar-refractivity contribution in [2.45, 2.75) is 19.3 Å². The molecule has 1 saturated heterocycles. The lowest BCUT2D eigenvalue weighted by Crippen LogP contribution is -2.33. The van der Waals surface area contributed by atoms with Gasteiger partial charge in [0.05, 0.1) is 0 Å². The van der Waals surface area contributed by atoms with Gasteiger partial charge in [0.15, 0.2) is 0 Å². The third-order valence-corrected chi connectivity index (χ3v) is 3.36. The van der Waals surface area contributed by atoms with Crippen LogP contribution in [0.1, 0.15) is 24.8 Å². The third-order valence-electron chi connectivity index (χ3n) is 3.36. The summed E-state index contributed by atoms with van der Waals surface area (Å²) in [4.78, 5) is 14.0. The van der Waals surface area contributed by atoms with Crippen molar-refractivity contribution in [3.8, 4) is 0 Å². The van der Waals surface area contributed by atoms with Crippen LogP contribution in [-0.4, -0.2) is 37.0 Å². The van der Waals surface area contributed by atoms with Gasteiger partial charge >= 0.3 is 0 Å². The van der Waals surface area contributed by atoms with Gasteiger partial charge in [0.25, 0.3) is 0 Å². The normalized spacial score (nSPS) is 16.0. The summed E-state index contributed by atoms with van der Waals surface area (Å²) in [6.45, 7) is 4.11. The summed E-state index contributed by atoms with van der Waals surface area (Å²) in [6.07, 6.45) is 6.96. The highest BCUT2D eigenvalue weighted by molar-refractivity contribution is 5.78. The quantitative estimate of drug-likeness (QED) is 0.849. The number of carbonyl (C=O) groups excluding carboxylic acids is 1. The number of likely N-dealkylation sites (tertiary alicyclic amines) is 1. The molecule has 3 heteroatoms. The smallest absolute Gasteiger partial charge is 0.223 e. The van der Waals surface area contributed by atoms with Crippen LogP contribution in [0.25, 0.3) is 6.08 Å². The van der Waals surface area contributed by atoms with Crippen LogP contribution in [0.2, 0.25) is 0 Å². The van der Waals surface area contributed by atoms with Crippen LogP contribution >= 0.6 is 0 Å². The molecule has 1 aliphatic heterocycles. The van der Waals surface area contributed by atoms with E-state index in [0.717, 1.165) is 18.7 Å². The Kier molecular flexibility index (Phi) is 5.63. The molecule has 1 N–H and O–H groups in total. The van der Waals surface area contributed by atoms with Crippen molar-refractivity contribution in [1.29, 1.82) is 0 Å². The third kappa shape index (κ3) is 5.26. The van der Waals surface area contributed by atoms with Gasteiger partial charge in [-0.15, -0.1) is 0 Å². The van der Waals surface area contributed by atoms with E-state index in [9.17, 15) is 4.79 Å². The van der Waals surface area contributed by atoms with Crippen LogP contribution in [0, 0.1) is 0 Å². The van der Waals surface area contributed by atoms with E-state index in [1.165, 1.54) is 25.9 Å². The Morgan fingerprint density at radius 1 is 1.21 bits per heavy atom. The predicted molar refractivity (Wildman–Crippen MR) is 78.8 cm³/mol. The predicted octanol–water partition coefficient (Wildman–Crippen LogP) is 2.30. The molecule has 2 rings (SSSR count). The van der Waals surface area contributed by atoms with Gasteiger partial charge in [0.2, 0.25) is 5.91 Å². The Hall–Kier alpha value is -1.61. The topological polar surface area (TPSA) is 32.3 Å². The first kappa shape index (κ1) is 13.8. The van der Waals surface area contributed by atoms with Crippen molar-refractivity contribution in [2.75, 3.05) is 26.2 Å². The molecular weight excluding hydrogens is 236 g/mol. The van der Waals surface area contributed by atoms with Gasteiger partial charge in [-0.05, 0) is 31.5 Å². The molecule has 1 fully saturated rings. The molecule has 19 heavy (non-hydrogen) atoms. The van der Waals surface area contributed by atoms with Crippen molar-refractivity contribution in [3.05, 3.63) is 42.0 Å². The van der Waals surface area contributed by atoms with Crippen molar-refractivity contribution >= 4 is 12.0 Å². The van der Waals surface area contributed by atoms with E-state index in [4.69, 9.17) is 0 Å². The summed E-state index contributed by atoms with van der Waals surface area (Å²) in [5, 5.41) is 2.96. The monoisotopic (exact) mass is 258 g/mol. The number of hydrogen-bond acceptors (Lipinski definition) is 2. The van der Waals surface area contributed by atoms with E-state index in [1.54, 1.807) is 0 Å². The lowest BCUT2D eigenvalue weighted by molar-refractivity contribution is -0.120. The van der Waals surface area contributed by atoms with Gasteiger partial charge in [0.1, 0.15) is 0 Å². The number of carbonyl (C=O) groups is 1. The molecule has 0 bridgehead atoms. The summed E-state index contributed by atoms with van der Waals surface area (Å²) in [5.41, 5.74) is 1.13. The molecule has 0 atom stereocenters. The number of nitrogens with one attached hydrogen (secondary N) is 1. The SMILES string of the molecule is O=C(C/C=C/c1ccccc1)NCCN1CCCC1. The number of amides is 1. The fraction of sp³-hybridized carbons (Fsp3) is 0.438. The van der Waals surface area contributed by atoms with Gasteiger partial charge in [-0.3, -0.25) is 4.79 Å². The second kappa shape index (κ2) is 7.74. The Balaban J connectivity index is 1.60. The largest absolute Gasteiger partial charge is 0.355 e. The maximum Gasteiger partial charge on any atom is 0.223 e. The van der Waals surface area contributed by atoms with Gasteiger partial charge in [0, 0.05) is 19.5 Å². The zero-order valence-electron chi connectivity index (χ0n) is 11.3. The molecule has 0 saturated carbocycles. The number of rotatable bonds is 6. The van der Waals surface area contributed by atoms with Crippen LogP contribution in [0.4, 0.5) is 0 Å². The van der Waals surface area contributed by atoms with Crippen LogP contribution in [0.15, 0.2) is 36.4 Å². The zero-order valence-corrected chi connectivity index (χ0v) is 11.3. The molecule has 0 unspecified atom stereocenters. The standard InChI is InChI=1S/C16H22N2O/c19-16(17-11-14-18-12-4-5-13-18)10-6-9-15-7-2-1-3-8-15/h1-3,6-9H,4-5,10-14H2,(H,17,19)/b9-6+. The molecule has 0 spiro atoms. The van der Waals surface area contributed by atoms with E-state index in [2.05, 4.69) is 10.2 Å². The Labute approximate surface area is 115 Å². The molecule has 102 valence electrons. The highest BCUT2D eigenvalue weighted by Gasteiger charge is 2.10. The van der Waals surface area contributed by atoms with Crippen LogP contribution in [0.5, 0.6) is 0 Å². The minimum atomic E-state index is 0.103. The molecule has 1 aliphatic rings. The average Bonchev–Trinajstić information content (AvgIpc) is 2.93. The number of hydrogen-bond donors (Lipinski definition) is 1. The molecule has 1 aromatic rings. The second-order valence-corrected chi connectivity index (χ2v) is 4.92. The molecule has 0 radical (unpaired) electrons. The Morgan fingerprint density at radius 2 is 1.95 bits per heavy atom. The highest BCUT2D eigenvalue weighted by atomic mass is 16.1. The molecule has 3 nitrogen and oxygen atoms in total. The maximum absolute atomic E-state index is 11.6. The van der Waals surface area contributed by atoms with Crippen molar-refractivity contribution in [2.24, 2.45) is 0 Å². The fourth-order valence-electron chi connectivity index (χ4n) is 2.30. The molecule has 1 aromatic carbocycles.